The molecule has 1 saturated heterocycles. The highest BCUT2D eigenvalue weighted by Gasteiger charge is 2.41. The van der Waals surface area contributed by atoms with E-state index in [0.717, 1.165) is 27.6 Å². The van der Waals surface area contributed by atoms with Crippen molar-refractivity contribution >= 4 is 16.9 Å². The van der Waals surface area contributed by atoms with Crippen molar-refractivity contribution in [2.45, 2.75) is 37.3 Å². The number of ether oxygens (including phenoxy) is 7. The van der Waals surface area contributed by atoms with E-state index in [1.807, 2.05) is 66.7 Å². The standard InChI is InChI=1S/C40H46N2O10/c1-46-18-19-48-26-32(43)27-52-38-24-42(40(44)45)23-37(51-25-28-20-30-8-3-5-10-34(30)36(21-28)47-2)39(38)29-12-14-33(15-13-29)49-16-7-17-50-35-11-6-4-9-31(35)22-41/h3-6,8-15,20-21,32,37-39,43H,7,16-19,23-27H2,1-2H3,(H,44,45)/t32-,37+,38-,39-/m1/s1. The van der Waals surface area contributed by atoms with Gasteiger partial charge in [-0.25, -0.2) is 4.79 Å². The van der Waals surface area contributed by atoms with Crippen molar-refractivity contribution < 1.29 is 48.2 Å². The van der Waals surface area contributed by atoms with E-state index in [1.165, 1.54) is 4.90 Å². The molecule has 12 nitrogen and oxygen atoms in total. The van der Waals surface area contributed by atoms with Crippen LogP contribution in [0.1, 0.15) is 29.0 Å². The summed E-state index contributed by atoms with van der Waals surface area (Å²) in [6, 6.07) is 28.7. The number of aliphatic hydroxyl groups excluding tert-OH is 1. The van der Waals surface area contributed by atoms with Gasteiger partial charge in [-0.2, -0.15) is 5.26 Å². The molecule has 0 spiro atoms. The largest absolute Gasteiger partial charge is 0.496 e. The first-order chi connectivity index (χ1) is 25.4. The molecular formula is C40H46N2O10. The molecule has 4 atom stereocenters. The highest BCUT2D eigenvalue weighted by atomic mass is 16.5. The van der Waals surface area contributed by atoms with Crippen molar-refractivity contribution in [3.8, 4) is 23.3 Å². The fourth-order valence-electron chi connectivity index (χ4n) is 6.21. The summed E-state index contributed by atoms with van der Waals surface area (Å²) in [5.74, 6) is 1.55. The lowest BCUT2D eigenvalue weighted by Crippen LogP contribution is -2.54. The second-order valence-electron chi connectivity index (χ2n) is 12.4. The Bertz CT molecular complexity index is 1760. The molecule has 0 aromatic heterocycles. The molecule has 1 aliphatic heterocycles. The number of carbonyl (C=O) groups is 1. The van der Waals surface area contributed by atoms with Crippen molar-refractivity contribution in [3.05, 3.63) is 102 Å². The van der Waals surface area contributed by atoms with E-state index in [0.29, 0.717) is 49.9 Å². The van der Waals surface area contributed by atoms with E-state index in [2.05, 4.69) is 6.07 Å². The average Bonchev–Trinajstić information content (AvgIpc) is 3.17. The first-order valence-electron chi connectivity index (χ1n) is 17.3. The van der Waals surface area contributed by atoms with Crippen molar-refractivity contribution in [2.24, 2.45) is 0 Å². The van der Waals surface area contributed by atoms with Gasteiger partial charge in [0.15, 0.2) is 0 Å². The maximum Gasteiger partial charge on any atom is 0.407 e. The smallest absolute Gasteiger partial charge is 0.407 e. The van der Waals surface area contributed by atoms with Gasteiger partial charge in [-0.15, -0.1) is 0 Å². The number of hydrogen-bond acceptors (Lipinski definition) is 10. The molecular weight excluding hydrogens is 668 g/mol. The Morgan fingerprint density at radius 3 is 2.35 bits per heavy atom. The maximum atomic E-state index is 12.3. The lowest BCUT2D eigenvalue weighted by molar-refractivity contribution is -0.110. The molecule has 0 radical (unpaired) electrons. The van der Waals surface area contributed by atoms with Crippen molar-refractivity contribution in [1.29, 1.82) is 5.26 Å². The van der Waals surface area contributed by atoms with E-state index < -0.39 is 24.4 Å². The van der Waals surface area contributed by atoms with Gasteiger partial charge >= 0.3 is 6.09 Å². The van der Waals surface area contributed by atoms with Gasteiger partial charge in [-0.05, 0) is 52.9 Å². The van der Waals surface area contributed by atoms with Crippen LogP contribution in [0.3, 0.4) is 0 Å². The van der Waals surface area contributed by atoms with Crippen molar-refractivity contribution in [1.82, 2.24) is 4.90 Å². The van der Waals surface area contributed by atoms with Crippen LogP contribution in [-0.2, 0) is 25.6 Å². The molecule has 1 fully saturated rings. The fourth-order valence-corrected chi connectivity index (χ4v) is 6.21. The Balaban J connectivity index is 1.30. The van der Waals surface area contributed by atoms with Crippen LogP contribution >= 0.6 is 0 Å². The number of aliphatic hydroxyl groups is 1. The number of para-hydroxylation sites is 1. The van der Waals surface area contributed by atoms with Gasteiger partial charge in [0.25, 0.3) is 0 Å². The lowest BCUT2D eigenvalue weighted by Gasteiger charge is -2.43. The quantitative estimate of drug-likeness (QED) is 0.116. The monoisotopic (exact) mass is 714 g/mol. The Hall–Kier alpha value is -4.90. The van der Waals surface area contributed by atoms with E-state index in [-0.39, 0.29) is 38.8 Å². The number of likely N-dealkylation sites (tertiary alicyclic amines) is 1. The first kappa shape index (κ1) is 38.3. The van der Waals surface area contributed by atoms with Crippen LogP contribution in [0.25, 0.3) is 10.8 Å². The molecule has 0 aliphatic carbocycles. The molecule has 0 bridgehead atoms. The Labute approximate surface area is 303 Å². The molecule has 1 amide bonds. The molecule has 2 N–H and O–H groups in total. The molecule has 12 heteroatoms. The minimum Gasteiger partial charge on any atom is -0.496 e. The Morgan fingerprint density at radius 1 is 0.865 bits per heavy atom. The maximum absolute atomic E-state index is 12.3. The van der Waals surface area contributed by atoms with Gasteiger partial charge in [0, 0.05) is 24.8 Å². The lowest BCUT2D eigenvalue weighted by atomic mass is 9.84. The normalized spacial score (nSPS) is 17.7. The SMILES string of the molecule is COCCOC[C@@H](O)CO[C@@H]1CN(C(=O)O)C[C@H](OCc2cc(OC)c3ccccc3c2)[C@H]1c1ccc(OCCCOc2ccccc2C#N)cc1. The summed E-state index contributed by atoms with van der Waals surface area (Å²) in [6.07, 6.45) is -2.61. The summed E-state index contributed by atoms with van der Waals surface area (Å²) in [6.45, 7) is 1.95. The number of nitrogens with zero attached hydrogens (tertiary/aromatic N) is 2. The zero-order chi connectivity index (χ0) is 36.7. The van der Waals surface area contributed by atoms with Gasteiger partial charge < -0.3 is 48.3 Å². The number of rotatable bonds is 19. The molecule has 5 rings (SSSR count). The number of hydrogen-bond donors (Lipinski definition) is 2. The second-order valence-corrected chi connectivity index (χ2v) is 12.4. The van der Waals surface area contributed by atoms with Crippen LogP contribution < -0.4 is 14.2 Å². The van der Waals surface area contributed by atoms with Crippen molar-refractivity contribution in [2.75, 3.05) is 67.0 Å². The number of nitriles is 1. The zero-order valence-corrected chi connectivity index (χ0v) is 29.5. The summed E-state index contributed by atoms with van der Waals surface area (Å²) < 4.78 is 40.7. The van der Waals surface area contributed by atoms with Gasteiger partial charge in [0.2, 0.25) is 0 Å². The number of piperidine rings is 1. The molecule has 1 heterocycles. The third-order valence-electron chi connectivity index (χ3n) is 8.77. The number of carboxylic acid groups (broad SMARTS) is 1. The topological polar surface area (TPSA) is 149 Å². The molecule has 276 valence electrons. The van der Waals surface area contributed by atoms with Gasteiger partial charge in [0.1, 0.15) is 29.4 Å². The Kier molecular flexibility index (Phi) is 14.5. The minimum atomic E-state index is -1.08. The van der Waals surface area contributed by atoms with Gasteiger partial charge in [-0.1, -0.05) is 48.5 Å². The number of benzene rings is 4. The van der Waals surface area contributed by atoms with E-state index >= 15 is 0 Å². The van der Waals surface area contributed by atoms with Crippen LogP contribution in [0, 0.1) is 11.3 Å². The third-order valence-corrected chi connectivity index (χ3v) is 8.77. The van der Waals surface area contributed by atoms with Gasteiger partial charge in [0.05, 0.1) is 84.2 Å². The minimum absolute atomic E-state index is 0.0506. The highest BCUT2D eigenvalue weighted by Crippen LogP contribution is 2.35. The highest BCUT2D eigenvalue weighted by molar-refractivity contribution is 5.89. The zero-order valence-electron chi connectivity index (χ0n) is 29.5. The van der Waals surface area contributed by atoms with Crippen molar-refractivity contribution in [3.63, 3.8) is 0 Å². The fraction of sp³-hybridized carbons (Fsp3) is 0.400. The number of methoxy groups -OCH3 is 2. The van der Waals surface area contributed by atoms with Crippen LogP contribution in [0.15, 0.2) is 84.9 Å². The molecule has 0 unspecified atom stereocenters. The first-order valence-corrected chi connectivity index (χ1v) is 17.3. The predicted octanol–water partition coefficient (Wildman–Crippen LogP) is 5.64. The van der Waals surface area contributed by atoms with E-state index in [9.17, 15) is 20.3 Å². The molecule has 1 aliphatic rings. The van der Waals surface area contributed by atoms with Crippen LogP contribution in [0.4, 0.5) is 4.79 Å². The number of amides is 1. The summed E-state index contributed by atoms with van der Waals surface area (Å²) >= 11 is 0. The molecule has 4 aromatic rings. The van der Waals surface area contributed by atoms with E-state index in [4.69, 9.17) is 33.2 Å². The van der Waals surface area contributed by atoms with E-state index in [1.54, 1.807) is 32.4 Å². The second kappa shape index (κ2) is 19.6. The predicted molar refractivity (Wildman–Crippen MR) is 193 cm³/mol. The van der Waals surface area contributed by atoms with Gasteiger partial charge in [-0.3, -0.25) is 0 Å². The number of fused-ring (bicyclic) bond motifs is 1. The third kappa shape index (κ3) is 10.6. The summed E-state index contributed by atoms with van der Waals surface area (Å²) in [5, 5.41) is 31.9. The summed E-state index contributed by atoms with van der Waals surface area (Å²) in [4.78, 5) is 13.6. The average molecular weight is 715 g/mol. The summed E-state index contributed by atoms with van der Waals surface area (Å²) in [7, 11) is 3.20. The van der Waals surface area contributed by atoms with Crippen LogP contribution in [0.5, 0.6) is 17.2 Å². The molecule has 0 saturated carbocycles. The summed E-state index contributed by atoms with van der Waals surface area (Å²) in [5.41, 5.74) is 2.25. The Morgan fingerprint density at radius 2 is 1.60 bits per heavy atom. The molecule has 52 heavy (non-hydrogen) atoms. The van der Waals surface area contributed by atoms with Crippen LogP contribution in [-0.4, -0.2) is 106 Å². The molecule has 4 aromatic carbocycles. The van der Waals surface area contributed by atoms with Crippen LogP contribution in [0.2, 0.25) is 0 Å².